The maximum atomic E-state index is 4.50. The van der Waals surface area contributed by atoms with Gasteiger partial charge in [0.2, 0.25) is 0 Å². The first kappa shape index (κ1) is 23.2. The number of rotatable bonds is 9. The van der Waals surface area contributed by atoms with E-state index in [0.29, 0.717) is 0 Å². The molecule has 1 unspecified atom stereocenters. The number of benzene rings is 1. The lowest BCUT2D eigenvalue weighted by Gasteiger charge is -2.22. The minimum Gasteiger partial charge on any atom is -0.356 e. The first-order chi connectivity index (χ1) is 12.3. The van der Waals surface area contributed by atoms with Crippen LogP contribution in [-0.4, -0.2) is 62.1 Å². The number of nitrogens with zero attached hydrogens (tertiary/aromatic N) is 3. The predicted octanol–water partition coefficient (Wildman–Crippen LogP) is 3.87. The molecule has 0 radical (unpaired) electrons. The summed E-state index contributed by atoms with van der Waals surface area (Å²) in [6, 6.07) is 10.9. The summed E-state index contributed by atoms with van der Waals surface area (Å²) in [7, 11) is 1.91. The highest BCUT2D eigenvalue weighted by atomic mass is 127. The van der Waals surface area contributed by atoms with Crippen LogP contribution in [0, 0.1) is 5.92 Å². The summed E-state index contributed by atoms with van der Waals surface area (Å²) in [5, 5.41) is 3.56. The standard InChI is InChI=1S/C21H36N4.HI/c1-4-24(5-2)15-10-9-14-23-21(22-3)25-16-13-20(18-25)17-19-11-7-6-8-12-19;/h6-8,11-12,20H,4-5,9-10,13-18H2,1-3H3,(H,22,23);1H. The average molecular weight is 472 g/mol. The van der Waals surface area contributed by atoms with Crippen molar-refractivity contribution in [3.8, 4) is 0 Å². The Balaban J connectivity index is 0.00000338. The molecule has 0 amide bonds. The number of hydrogen-bond donors (Lipinski definition) is 1. The molecule has 2 rings (SSSR count). The van der Waals surface area contributed by atoms with Crippen LogP contribution in [0.15, 0.2) is 35.3 Å². The molecule has 1 atom stereocenters. The molecular weight excluding hydrogens is 435 g/mol. The lowest BCUT2D eigenvalue weighted by atomic mass is 9.99. The van der Waals surface area contributed by atoms with Gasteiger partial charge >= 0.3 is 0 Å². The van der Waals surface area contributed by atoms with Crippen LogP contribution in [0.3, 0.4) is 0 Å². The zero-order valence-corrected chi connectivity index (χ0v) is 19.1. The van der Waals surface area contributed by atoms with Gasteiger partial charge in [0, 0.05) is 26.7 Å². The Morgan fingerprint density at radius 1 is 1.19 bits per heavy atom. The molecule has 148 valence electrons. The fourth-order valence-corrected chi connectivity index (χ4v) is 3.67. The number of halogens is 1. The van der Waals surface area contributed by atoms with E-state index >= 15 is 0 Å². The van der Waals surface area contributed by atoms with E-state index in [1.807, 2.05) is 7.05 Å². The molecule has 0 aromatic heterocycles. The summed E-state index contributed by atoms with van der Waals surface area (Å²) in [4.78, 5) is 9.42. The van der Waals surface area contributed by atoms with Gasteiger partial charge in [0.1, 0.15) is 0 Å². The van der Waals surface area contributed by atoms with E-state index in [1.165, 1.54) is 37.8 Å². The molecule has 0 spiro atoms. The number of hydrogen-bond acceptors (Lipinski definition) is 2. The Labute approximate surface area is 177 Å². The largest absolute Gasteiger partial charge is 0.356 e. The lowest BCUT2D eigenvalue weighted by molar-refractivity contribution is 0.297. The SMILES string of the molecule is CCN(CC)CCCCNC(=NC)N1CCC(Cc2ccccc2)C1.I. The summed E-state index contributed by atoms with van der Waals surface area (Å²) in [5.74, 6) is 1.82. The minimum atomic E-state index is 0. The second-order valence-corrected chi connectivity index (χ2v) is 7.00. The molecule has 1 aromatic rings. The van der Waals surface area contributed by atoms with Gasteiger partial charge in [-0.05, 0) is 56.8 Å². The number of aliphatic imine (C=N–C) groups is 1. The Kier molecular flexibility index (Phi) is 11.9. The summed E-state index contributed by atoms with van der Waals surface area (Å²) >= 11 is 0. The van der Waals surface area contributed by atoms with Gasteiger partial charge in [-0.25, -0.2) is 0 Å². The molecule has 1 aliphatic heterocycles. The van der Waals surface area contributed by atoms with Crippen LogP contribution in [0.5, 0.6) is 0 Å². The molecule has 0 bridgehead atoms. The molecular formula is C21H37IN4. The predicted molar refractivity (Wildman–Crippen MR) is 124 cm³/mol. The van der Waals surface area contributed by atoms with Gasteiger partial charge in [-0.1, -0.05) is 44.2 Å². The molecule has 4 nitrogen and oxygen atoms in total. The second-order valence-electron chi connectivity index (χ2n) is 7.00. The molecule has 0 aliphatic carbocycles. The van der Waals surface area contributed by atoms with Crippen LogP contribution in [0.2, 0.25) is 0 Å². The van der Waals surface area contributed by atoms with Crippen molar-refractivity contribution >= 4 is 29.9 Å². The smallest absolute Gasteiger partial charge is 0.193 e. The molecule has 1 N–H and O–H groups in total. The zero-order valence-electron chi connectivity index (χ0n) is 16.8. The molecule has 1 fully saturated rings. The van der Waals surface area contributed by atoms with Crippen LogP contribution in [0.1, 0.15) is 38.7 Å². The van der Waals surface area contributed by atoms with Gasteiger partial charge in [-0.15, -0.1) is 24.0 Å². The highest BCUT2D eigenvalue weighted by Crippen LogP contribution is 2.20. The molecule has 1 aliphatic rings. The van der Waals surface area contributed by atoms with E-state index in [2.05, 4.69) is 64.3 Å². The molecule has 1 aromatic carbocycles. The van der Waals surface area contributed by atoms with Gasteiger partial charge in [0.05, 0.1) is 0 Å². The molecule has 0 saturated carbocycles. The van der Waals surface area contributed by atoms with Crippen LogP contribution < -0.4 is 5.32 Å². The van der Waals surface area contributed by atoms with Gasteiger partial charge in [0.15, 0.2) is 5.96 Å². The molecule has 26 heavy (non-hydrogen) atoms. The van der Waals surface area contributed by atoms with E-state index in [-0.39, 0.29) is 24.0 Å². The van der Waals surface area contributed by atoms with Crippen molar-refractivity contribution in [2.75, 3.05) is 46.3 Å². The molecule has 1 saturated heterocycles. The van der Waals surface area contributed by atoms with Crippen molar-refractivity contribution in [1.82, 2.24) is 15.1 Å². The average Bonchev–Trinajstić information content (AvgIpc) is 3.10. The Bertz CT molecular complexity index is 502. The summed E-state index contributed by atoms with van der Waals surface area (Å²) in [6.07, 6.45) is 4.90. The van der Waals surface area contributed by atoms with Gasteiger partial charge < -0.3 is 15.1 Å². The Morgan fingerprint density at radius 2 is 1.92 bits per heavy atom. The summed E-state index contributed by atoms with van der Waals surface area (Å²) < 4.78 is 0. The quantitative estimate of drug-likeness (QED) is 0.256. The van der Waals surface area contributed by atoms with Crippen molar-refractivity contribution in [1.29, 1.82) is 0 Å². The summed E-state index contributed by atoms with van der Waals surface area (Å²) in [6.45, 7) is 11.3. The molecule has 5 heteroatoms. The Hall–Kier alpha value is -0.820. The first-order valence-corrected chi connectivity index (χ1v) is 9.98. The van der Waals surface area contributed by atoms with Crippen LogP contribution in [0.4, 0.5) is 0 Å². The van der Waals surface area contributed by atoms with Crippen molar-refractivity contribution in [2.45, 2.75) is 39.5 Å². The minimum absolute atomic E-state index is 0. The second kappa shape index (κ2) is 13.4. The van der Waals surface area contributed by atoms with E-state index in [4.69, 9.17) is 0 Å². The topological polar surface area (TPSA) is 30.9 Å². The van der Waals surface area contributed by atoms with Gasteiger partial charge in [0.25, 0.3) is 0 Å². The van der Waals surface area contributed by atoms with Crippen LogP contribution in [0.25, 0.3) is 0 Å². The third kappa shape index (κ3) is 7.82. The van der Waals surface area contributed by atoms with Crippen molar-refractivity contribution in [3.63, 3.8) is 0 Å². The Morgan fingerprint density at radius 3 is 2.58 bits per heavy atom. The summed E-state index contributed by atoms with van der Waals surface area (Å²) in [5.41, 5.74) is 1.45. The number of guanidine groups is 1. The van der Waals surface area contributed by atoms with Crippen molar-refractivity contribution in [2.24, 2.45) is 10.9 Å². The van der Waals surface area contributed by atoms with E-state index in [9.17, 15) is 0 Å². The van der Waals surface area contributed by atoms with Gasteiger partial charge in [-0.3, -0.25) is 4.99 Å². The maximum Gasteiger partial charge on any atom is 0.193 e. The number of likely N-dealkylation sites (tertiary alicyclic amines) is 1. The normalized spacial score (nSPS) is 17.5. The van der Waals surface area contributed by atoms with E-state index in [1.54, 1.807) is 0 Å². The third-order valence-corrected chi connectivity index (χ3v) is 5.24. The van der Waals surface area contributed by atoms with E-state index < -0.39 is 0 Å². The zero-order chi connectivity index (χ0) is 17.9. The molecule has 1 heterocycles. The maximum absolute atomic E-state index is 4.50. The fraction of sp³-hybridized carbons (Fsp3) is 0.667. The van der Waals surface area contributed by atoms with Crippen molar-refractivity contribution < 1.29 is 0 Å². The third-order valence-electron chi connectivity index (χ3n) is 5.24. The number of unbranched alkanes of at least 4 members (excludes halogenated alkanes) is 1. The van der Waals surface area contributed by atoms with Crippen molar-refractivity contribution in [3.05, 3.63) is 35.9 Å². The van der Waals surface area contributed by atoms with Crippen LogP contribution in [-0.2, 0) is 6.42 Å². The van der Waals surface area contributed by atoms with Crippen LogP contribution >= 0.6 is 24.0 Å². The van der Waals surface area contributed by atoms with Gasteiger partial charge in [-0.2, -0.15) is 0 Å². The van der Waals surface area contributed by atoms with E-state index in [0.717, 1.165) is 44.6 Å². The monoisotopic (exact) mass is 472 g/mol. The highest BCUT2D eigenvalue weighted by molar-refractivity contribution is 14.0. The fourth-order valence-electron chi connectivity index (χ4n) is 3.67. The first-order valence-electron chi connectivity index (χ1n) is 9.98. The number of nitrogens with one attached hydrogen (secondary N) is 1. The lowest BCUT2D eigenvalue weighted by Crippen LogP contribution is -2.40. The highest BCUT2D eigenvalue weighted by Gasteiger charge is 2.24.